The molecule has 0 radical (unpaired) electrons. The Kier molecular flexibility index (Phi) is 7.19. The number of benzene rings is 2. The monoisotopic (exact) mass is 408 g/mol. The number of hydrogen-bond acceptors (Lipinski definition) is 4. The maximum atomic E-state index is 12.9. The second-order valence-corrected chi connectivity index (χ2v) is 7.61. The van der Waals surface area contributed by atoms with Crippen LogP contribution in [-0.4, -0.2) is 79.2 Å². The first-order valence-electron chi connectivity index (χ1n) is 10.1. The molecule has 7 heteroatoms. The van der Waals surface area contributed by atoms with Crippen molar-refractivity contribution in [2.45, 2.75) is 6.42 Å². The zero-order chi connectivity index (χ0) is 21.5. The van der Waals surface area contributed by atoms with E-state index in [9.17, 15) is 14.4 Å². The lowest BCUT2D eigenvalue weighted by atomic mass is 10.1. The Labute approximate surface area is 177 Å². The van der Waals surface area contributed by atoms with Gasteiger partial charge in [-0.15, -0.1) is 0 Å². The molecule has 1 aliphatic heterocycles. The van der Waals surface area contributed by atoms with Gasteiger partial charge in [-0.05, 0) is 42.8 Å². The van der Waals surface area contributed by atoms with E-state index in [1.807, 2.05) is 23.1 Å². The van der Waals surface area contributed by atoms with E-state index in [2.05, 4.69) is 10.2 Å². The van der Waals surface area contributed by atoms with Crippen LogP contribution in [0, 0.1) is 0 Å². The highest BCUT2D eigenvalue weighted by Crippen LogP contribution is 2.14. The number of carbonyl (C=O) groups is 3. The molecular weight excluding hydrogens is 380 g/mol. The fourth-order valence-electron chi connectivity index (χ4n) is 3.34. The fraction of sp³-hybridized carbons (Fsp3) is 0.348. The van der Waals surface area contributed by atoms with Gasteiger partial charge in [0.2, 0.25) is 5.91 Å². The predicted octanol–water partition coefficient (Wildman–Crippen LogP) is 2.17. The summed E-state index contributed by atoms with van der Waals surface area (Å²) in [5.74, 6) is -0.144. The summed E-state index contributed by atoms with van der Waals surface area (Å²) in [6, 6.07) is 16.0. The highest BCUT2D eigenvalue weighted by atomic mass is 16.2. The molecular formula is C23H28N4O3. The Morgan fingerprint density at radius 1 is 0.867 bits per heavy atom. The van der Waals surface area contributed by atoms with E-state index in [-0.39, 0.29) is 17.7 Å². The maximum absolute atomic E-state index is 12.9. The van der Waals surface area contributed by atoms with Gasteiger partial charge in [-0.1, -0.05) is 18.2 Å². The summed E-state index contributed by atoms with van der Waals surface area (Å²) in [5.41, 5.74) is 1.81. The van der Waals surface area contributed by atoms with E-state index in [4.69, 9.17) is 0 Å². The SMILES string of the molecule is CN(C)C(=O)CN1CCCN(C(=O)c2ccc(NC(=O)c3ccccc3)cc2)CC1. The van der Waals surface area contributed by atoms with Crippen molar-refractivity contribution >= 4 is 23.4 Å². The number of likely N-dealkylation sites (N-methyl/N-ethyl adjacent to an activating group) is 1. The average molecular weight is 409 g/mol. The number of nitrogens with zero attached hydrogens (tertiary/aromatic N) is 3. The van der Waals surface area contributed by atoms with E-state index in [0.29, 0.717) is 43.0 Å². The lowest BCUT2D eigenvalue weighted by Gasteiger charge is -2.23. The van der Waals surface area contributed by atoms with Crippen molar-refractivity contribution in [2.24, 2.45) is 0 Å². The summed E-state index contributed by atoms with van der Waals surface area (Å²) in [4.78, 5) is 42.6. The number of amides is 3. The van der Waals surface area contributed by atoms with E-state index in [1.165, 1.54) is 0 Å². The molecule has 30 heavy (non-hydrogen) atoms. The molecule has 0 atom stereocenters. The van der Waals surface area contributed by atoms with Gasteiger partial charge in [0, 0.05) is 57.1 Å². The maximum Gasteiger partial charge on any atom is 0.255 e. The summed E-state index contributed by atoms with van der Waals surface area (Å²) in [6.45, 7) is 3.11. The third-order valence-corrected chi connectivity index (χ3v) is 5.16. The molecule has 1 fully saturated rings. The second-order valence-electron chi connectivity index (χ2n) is 7.61. The second kappa shape index (κ2) is 10.0. The average Bonchev–Trinajstić information content (AvgIpc) is 3.00. The van der Waals surface area contributed by atoms with E-state index in [1.54, 1.807) is 55.4 Å². The molecule has 1 saturated heterocycles. The molecule has 7 nitrogen and oxygen atoms in total. The van der Waals surface area contributed by atoms with Gasteiger partial charge < -0.3 is 15.1 Å². The Bertz CT molecular complexity index is 881. The lowest BCUT2D eigenvalue weighted by molar-refractivity contribution is -0.129. The normalized spacial score (nSPS) is 14.7. The molecule has 0 spiro atoms. The Balaban J connectivity index is 1.56. The van der Waals surface area contributed by atoms with Crippen molar-refractivity contribution in [3.8, 4) is 0 Å². The van der Waals surface area contributed by atoms with Gasteiger partial charge in [0.1, 0.15) is 0 Å². The van der Waals surface area contributed by atoms with Gasteiger partial charge in [-0.2, -0.15) is 0 Å². The van der Waals surface area contributed by atoms with Crippen LogP contribution < -0.4 is 5.32 Å². The van der Waals surface area contributed by atoms with Gasteiger partial charge in [-0.25, -0.2) is 0 Å². The Morgan fingerprint density at radius 2 is 1.57 bits per heavy atom. The van der Waals surface area contributed by atoms with Crippen LogP contribution in [0.4, 0.5) is 5.69 Å². The van der Waals surface area contributed by atoms with Crippen LogP contribution in [-0.2, 0) is 4.79 Å². The van der Waals surface area contributed by atoms with Crippen molar-refractivity contribution in [3.63, 3.8) is 0 Å². The van der Waals surface area contributed by atoms with Gasteiger partial charge in [0.25, 0.3) is 11.8 Å². The minimum absolute atomic E-state index is 0.0308. The molecule has 0 unspecified atom stereocenters. The molecule has 1 N–H and O–H groups in total. The van der Waals surface area contributed by atoms with Crippen molar-refractivity contribution in [3.05, 3.63) is 65.7 Å². The molecule has 0 saturated carbocycles. The molecule has 2 aromatic rings. The first kappa shape index (κ1) is 21.5. The van der Waals surface area contributed by atoms with Crippen LogP contribution in [0.3, 0.4) is 0 Å². The van der Waals surface area contributed by atoms with Crippen LogP contribution in [0.5, 0.6) is 0 Å². The third kappa shape index (κ3) is 5.67. The molecule has 2 aromatic carbocycles. The van der Waals surface area contributed by atoms with E-state index >= 15 is 0 Å². The zero-order valence-corrected chi connectivity index (χ0v) is 17.5. The van der Waals surface area contributed by atoms with Crippen LogP contribution >= 0.6 is 0 Å². The van der Waals surface area contributed by atoms with Gasteiger partial charge in [0.05, 0.1) is 6.54 Å². The first-order chi connectivity index (χ1) is 14.4. The number of nitrogens with one attached hydrogen (secondary N) is 1. The fourth-order valence-corrected chi connectivity index (χ4v) is 3.34. The van der Waals surface area contributed by atoms with Crippen LogP contribution in [0.15, 0.2) is 54.6 Å². The first-order valence-corrected chi connectivity index (χ1v) is 10.1. The van der Waals surface area contributed by atoms with Crippen molar-refractivity contribution in [1.29, 1.82) is 0 Å². The topological polar surface area (TPSA) is 73.0 Å². The number of rotatable bonds is 5. The largest absolute Gasteiger partial charge is 0.348 e. The minimum atomic E-state index is -0.186. The van der Waals surface area contributed by atoms with E-state index < -0.39 is 0 Å². The number of hydrogen-bond donors (Lipinski definition) is 1. The standard InChI is InChI=1S/C23H28N4O3/c1-25(2)21(28)17-26-13-6-14-27(16-15-26)23(30)19-9-11-20(12-10-19)24-22(29)18-7-4-3-5-8-18/h3-5,7-12H,6,13-17H2,1-2H3,(H,24,29). The molecule has 158 valence electrons. The Hall–Kier alpha value is -3.19. The summed E-state index contributed by atoms with van der Waals surface area (Å²) >= 11 is 0. The van der Waals surface area contributed by atoms with Crippen molar-refractivity contribution < 1.29 is 14.4 Å². The summed E-state index contributed by atoms with van der Waals surface area (Å²) in [6.07, 6.45) is 0.831. The molecule has 3 amide bonds. The minimum Gasteiger partial charge on any atom is -0.348 e. The summed E-state index contributed by atoms with van der Waals surface area (Å²) < 4.78 is 0. The number of anilines is 1. The third-order valence-electron chi connectivity index (χ3n) is 5.16. The van der Waals surface area contributed by atoms with Crippen LogP contribution in [0.2, 0.25) is 0 Å². The summed E-state index contributed by atoms with van der Waals surface area (Å²) in [5, 5.41) is 2.84. The lowest BCUT2D eigenvalue weighted by Crippen LogP contribution is -2.39. The number of carbonyl (C=O) groups excluding carboxylic acids is 3. The summed E-state index contributed by atoms with van der Waals surface area (Å²) in [7, 11) is 3.50. The van der Waals surface area contributed by atoms with Crippen LogP contribution in [0.25, 0.3) is 0 Å². The van der Waals surface area contributed by atoms with Gasteiger partial charge >= 0.3 is 0 Å². The molecule has 1 aliphatic rings. The molecule has 0 aliphatic carbocycles. The molecule has 1 heterocycles. The molecule has 0 aromatic heterocycles. The molecule has 0 bridgehead atoms. The Morgan fingerprint density at radius 3 is 2.23 bits per heavy atom. The molecule has 3 rings (SSSR count). The highest BCUT2D eigenvalue weighted by Gasteiger charge is 2.22. The van der Waals surface area contributed by atoms with E-state index in [0.717, 1.165) is 13.0 Å². The van der Waals surface area contributed by atoms with Crippen molar-refractivity contribution in [1.82, 2.24) is 14.7 Å². The quantitative estimate of drug-likeness (QED) is 0.823. The zero-order valence-electron chi connectivity index (χ0n) is 17.5. The van der Waals surface area contributed by atoms with Gasteiger partial charge in [0.15, 0.2) is 0 Å². The van der Waals surface area contributed by atoms with Gasteiger partial charge in [-0.3, -0.25) is 19.3 Å². The smallest absolute Gasteiger partial charge is 0.255 e. The van der Waals surface area contributed by atoms with Crippen LogP contribution in [0.1, 0.15) is 27.1 Å². The highest BCUT2D eigenvalue weighted by molar-refractivity contribution is 6.04. The predicted molar refractivity (Wildman–Crippen MR) is 116 cm³/mol. The van der Waals surface area contributed by atoms with Crippen molar-refractivity contribution in [2.75, 3.05) is 52.1 Å².